The number of likely N-dealkylation sites (tertiary alicyclic amines) is 1. The second kappa shape index (κ2) is 6.89. The summed E-state index contributed by atoms with van der Waals surface area (Å²) in [5.74, 6) is 1.95. The maximum atomic E-state index is 13.5. The first-order valence-electron chi connectivity index (χ1n) is 10.3. The van der Waals surface area contributed by atoms with Crippen molar-refractivity contribution in [1.29, 1.82) is 0 Å². The predicted octanol–water partition coefficient (Wildman–Crippen LogP) is 3.10. The Kier molecular flexibility index (Phi) is 4.35. The van der Waals surface area contributed by atoms with Crippen LogP contribution in [0.1, 0.15) is 40.2 Å². The number of ether oxygens (including phenoxy) is 1. The van der Waals surface area contributed by atoms with Crippen molar-refractivity contribution in [1.82, 2.24) is 14.8 Å². The van der Waals surface area contributed by atoms with Gasteiger partial charge in [0.1, 0.15) is 5.75 Å². The summed E-state index contributed by atoms with van der Waals surface area (Å²) in [6, 6.07) is 11.0. The molecule has 4 saturated heterocycles. The van der Waals surface area contributed by atoms with Gasteiger partial charge in [-0.15, -0.1) is 0 Å². The normalized spacial score (nSPS) is 30.9. The Morgan fingerprint density at radius 1 is 1.18 bits per heavy atom. The lowest BCUT2D eigenvalue weighted by Gasteiger charge is -2.51. The van der Waals surface area contributed by atoms with Gasteiger partial charge in [-0.2, -0.15) is 0 Å². The first kappa shape index (κ1) is 17.7. The quantitative estimate of drug-likeness (QED) is 0.825. The van der Waals surface area contributed by atoms with E-state index in [-0.39, 0.29) is 5.91 Å². The van der Waals surface area contributed by atoms with E-state index < -0.39 is 0 Å². The van der Waals surface area contributed by atoms with E-state index in [1.54, 1.807) is 19.5 Å². The minimum Gasteiger partial charge on any atom is -0.497 e. The van der Waals surface area contributed by atoms with Crippen LogP contribution >= 0.6 is 0 Å². The Morgan fingerprint density at radius 3 is 2.75 bits per heavy atom. The van der Waals surface area contributed by atoms with Gasteiger partial charge in [0.2, 0.25) is 0 Å². The third kappa shape index (κ3) is 2.72. The predicted molar refractivity (Wildman–Crippen MR) is 108 cm³/mol. The van der Waals surface area contributed by atoms with Crippen molar-refractivity contribution in [2.45, 2.75) is 37.8 Å². The van der Waals surface area contributed by atoms with Crippen LogP contribution in [0.15, 0.2) is 42.7 Å². The smallest absolute Gasteiger partial charge is 0.256 e. The molecule has 28 heavy (non-hydrogen) atoms. The third-order valence-electron chi connectivity index (χ3n) is 7.05. The molecule has 4 aliphatic heterocycles. The Hall–Kier alpha value is -2.40. The Balaban J connectivity index is 1.54. The van der Waals surface area contributed by atoms with Crippen LogP contribution in [0.25, 0.3) is 0 Å². The van der Waals surface area contributed by atoms with Crippen molar-refractivity contribution < 1.29 is 9.53 Å². The van der Waals surface area contributed by atoms with Crippen LogP contribution in [-0.4, -0.2) is 59.5 Å². The Morgan fingerprint density at radius 2 is 2.00 bits per heavy atom. The fourth-order valence-electron chi connectivity index (χ4n) is 5.66. The van der Waals surface area contributed by atoms with Crippen molar-refractivity contribution >= 4 is 5.91 Å². The van der Waals surface area contributed by atoms with Gasteiger partial charge in [0.05, 0.1) is 18.7 Å². The number of aromatic nitrogens is 1. The number of fused-ring (bicyclic) bond motifs is 2. The maximum Gasteiger partial charge on any atom is 0.256 e. The first-order valence-corrected chi connectivity index (χ1v) is 10.3. The molecule has 5 heterocycles. The summed E-state index contributed by atoms with van der Waals surface area (Å²) in [5, 5.41) is 0. The molecule has 5 nitrogen and oxygen atoms in total. The number of hydrogen-bond acceptors (Lipinski definition) is 4. The zero-order chi connectivity index (χ0) is 19.3. The van der Waals surface area contributed by atoms with Crippen molar-refractivity contribution in [3.05, 3.63) is 59.4 Å². The summed E-state index contributed by atoms with van der Waals surface area (Å²) >= 11 is 0. The van der Waals surface area contributed by atoms with E-state index in [0.717, 1.165) is 36.5 Å². The highest BCUT2D eigenvalue weighted by Crippen LogP contribution is 2.47. The van der Waals surface area contributed by atoms with E-state index in [2.05, 4.69) is 33.0 Å². The number of rotatable bonds is 3. The van der Waals surface area contributed by atoms with Crippen LogP contribution in [0.4, 0.5) is 0 Å². The molecule has 0 N–H and O–H groups in total. The van der Waals surface area contributed by atoms with Gasteiger partial charge in [0, 0.05) is 30.9 Å². The lowest BCUT2D eigenvalue weighted by atomic mass is 9.75. The zero-order valence-corrected chi connectivity index (χ0v) is 16.5. The van der Waals surface area contributed by atoms with Gasteiger partial charge in [-0.05, 0) is 68.1 Å². The van der Waals surface area contributed by atoms with Gasteiger partial charge in [-0.25, -0.2) is 0 Å². The molecular weight excluding hydrogens is 350 g/mol. The van der Waals surface area contributed by atoms with E-state index in [1.807, 2.05) is 19.1 Å². The average molecular weight is 377 g/mol. The topological polar surface area (TPSA) is 45.7 Å². The van der Waals surface area contributed by atoms with Gasteiger partial charge in [0.15, 0.2) is 0 Å². The molecule has 4 fully saturated rings. The molecule has 0 saturated carbocycles. The second-order valence-electron chi connectivity index (χ2n) is 8.39. The van der Waals surface area contributed by atoms with Gasteiger partial charge >= 0.3 is 0 Å². The van der Waals surface area contributed by atoms with Crippen molar-refractivity contribution in [2.75, 3.05) is 26.7 Å². The molecule has 6 rings (SSSR count). The number of carbonyl (C=O) groups excluding carboxylic acids is 1. The summed E-state index contributed by atoms with van der Waals surface area (Å²) in [7, 11) is 1.71. The lowest BCUT2D eigenvalue weighted by molar-refractivity contribution is -0.00345. The maximum absolute atomic E-state index is 13.5. The second-order valence-corrected chi connectivity index (χ2v) is 8.39. The van der Waals surface area contributed by atoms with Crippen LogP contribution in [0.2, 0.25) is 0 Å². The van der Waals surface area contributed by atoms with Crippen molar-refractivity contribution in [2.24, 2.45) is 5.92 Å². The zero-order valence-electron chi connectivity index (χ0n) is 16.5. The summed E-state index contributed by atoms with van der Waals surface area (Å²) in [5.41, 5.74) is 3.02. The monoisotopic (exact) mass is 377 g/mol. The highest BCUT2D eigenvalue weighted by molar-refractivity contribution is 5.96. The molecule has 0 aliphatic carbocycles. The number of amides is 1. The van der Waals surface area contributed by atoms with Gasteiger partial charge in [0.25, 0.3) is 5.91 Å². The number of nitrogens with zero attached hydrogens (tertiary/aromatic N) is 3. The number of aryl methyl sites for hydroxylation is 1. The molecule has 1 amide bonds. The SMILES string of the molecule is COc1cccc([C@H]2CN(C(=O)c3cnccc3C)[C@@H]3C4CCN(CC4)[C@H]23)c1. The lowest BCUT2D eigenvalue weighted by Crippen LogP contribution is -2.60. The van der Waals surface area contributed by atoms with Crippen molar-refractivity contribution in [3.63, 3.8) is 0 Å². The summed E-state index contributed by atoms with van der Waals surface area (Å²) in [6.07, 6.45) is 5.88. The van der Waals surface area contributed by atoms with Crippen LogP contribution in [0, 0.1) is 12.8 Å². The number of methoxy groups -OCH3 is 1. The molecule has 0 radical (unpaired) electrons. The summed E-state index contributed by atoms with van der Waals surface area (Å²) in [4.78, 5) is 22.5. The molecular formula is C23H27N3O2. The number of hydrogen-bond donors (Lipinski definition) is 0. The van der Waals surface area contributed by atoms with E-state index in [1.165, 1.54) is 18.4 Å². The van der Waals surface area contributed by atoms with Crippen LogP contribution in [0.3, 0.4) is 0 Å². The van der Waals surface area contributed by atoms with E-state index in [0.29, 0.717) is 23.9 Å². The highest BCUT2D eigenvalue weighted by Gasteiger charge is 2.54. The number of carbonyl (C=O) groups is 1. The van der Waals surface area contributed by atoms with E-state index >= 15 is 0 Å². The molecule has 1 aromatic heterocycles. The Labute approximate surface area is 166 Å². The minimum absolute atomic E-state index is 0.139. The van der Waals surface area contributed by atoms with Crippen molar-refractivity contribution in [3.8, 4) is 5.75 Å². The molecule has 1 aromatic carbocycles. The van der Waals surface area contributed by atoms with E-state index in [9.17, 15) is 4.79 Å². The molecule has 2 aromatic rings. The van der Waals surface area contributed by atoms with Crippen LogP contribution in [0.5, 0.6) is 5.75 Å². The Bertz CT molecular complexity index is 891. The van der Waals surface area contributed by atoms with Gasteiger partial charge in [-0.1, -0.05) is 12.1 Å². The third-order valence-corrected chi connectivity index (χ3v) is 7.05. The molecule has 2 bridgehead atoms. The standard InChI is InChI=1S/C23H27N3O2/c1-15-6-9-24-13-19(15)23(27)26-14-20(17-4-3-5-18(12-17)28-2)22-21(26)16-7-10-25(22)11-8-16/h3-6,9,12-13,16,20-22H,7-8,10-11,14H2,1-2H3/t20-,21-,22-/m1/s1. The molecule has 5 heteroatoms. The highest BCUT2D eigenvalue weighted by atomic mass is 16.5. The molecule has 0 unspecified atom stereocenters. The fourth-order valence-corrected chi connectivity index (χ4v) is 5.66. The van der Waals surface area contributed by atoms with Crippen LogP contribution in [-0.2, 0) is 0 Å². The number of piperidine rings is 3. The summed E-state index contributed by atoms with van der Waals surface area (Å²) < 4.78 is 5.47. The average Bonchev–Trinajstić information content (AvgIpc) is 3.17. The molecule has 146 valence electrons. The first-order chi connectivity index (χ1) is 13.7. The number of pyridine rings is 1. The molecule has 4 aliphatic rings. The minimum atomic E-state index is 0.139. The fraction of sp³-hybridized carbons (Fsp3) is 0.478. The molecule has 0 spiro atoms. The van der Waals surface area contributed by atoms with Gasteiger partial charge in [-0.3, -0.25) is 14.7 Å². The largest absolute Gasteiger partial charge is 0.497 e. The number of benzene rings is 1. The van der Waals surface area contributed by atoms with Gasteiger partial charge < -0.3 is 9.64 Å². The van der Waals surface area contributed by atoms with Crippen LogP contribution < -0.4 is 4.74 Å². The summed E-state index contributed by atoms with van der Waals surface area (Å²) in [6.45, 7) is 5.07. The molecule has 3 atom stereocenters. The van der Waals surface area contributed by atoms with E-state index in [4.69, 9.17) is 4.74 Å².